The quantitative estimate of drug-likeness (QED) is 0.883. The molecule has 4 nitrogen and oxygen atoms in total. The smallest absolute Gasteiger partial charge is 0.223 e. The number of Topliss-reactive ketones (excluding diaryl/α,β-unsaturated/α-hetero) is 1. The summed E-state index contributed by atoms with van der Waals surface area (Å²) in [7, 11) is 0. The number of ketones is 1. The average molecular weight is 261 g/mol. The molecule has 19 heavy (non-hydrogen) atoms. The zero-order chi connectivity index (χ0) is 13.8. The molecule has 0 fully saturated rings. The third-order valence-electron chi connectivity index (χ3n) is 3.05. The Morgan fingerprint density at radius 3 is 2.89 bits per heavy atom. The topological polar surface area (TPSA) is 55.4 Å². The summed E-state index contributed by atoms with van der Waals surface area (Å²) in [6, 6.07) is 5.66. The van der Waals surface area contributed by atoms with Crippen LogP contribution < -0.4 is 10.1 Å². The summed E-state index contributed by atoms with van der Waals surface area (Å²) >= 11 is 0. The van der Waals surface area contributed by atoms with E-state index in [1.54, 1.807) is 6.07 Å². The van der Waals surface area contributed by atoms with E-state index >= 15 is 0 Å². The monoisotopic (exact) mass is 261 g/mol. The fraction of sp³-hybridized carbons (Fsp3) is 0.467. The van der Waals surface area contributed by atoms with Crippen molar-refractivity contribution in [3.8, 4) is 5.75 Å². The lowest BCUT2D eigenvalue weighted by atomic mass is 10.1. The summed E-state index contributed by atoms with van der Waals surface area (Å²) < 4.78 is 5.55. The van der Waals surface area contributed by atoms with E-state index in [1.165, 1.54) is 0 Å². The summed E-state index contributed by atoms with van der Waals surface area (Å²) in [5.74, 6) is 0.926. The van der Waals surface area contributed by atoms with E-state index in [2.05, 4.69) is 5.32 Å². The van der Waals surface area contributed by atoms with Crippen LogP contribution in [0.25, 0.3) is 0 Å². The molecule has 0 spiro atoms. The zero-order valence-electron chi connectivity index (χ0n) is 11.4. The Labute approximate surface area is 113 Å². The Kier molecular flexibility index (Phi) is 4.20. The predicted octanol–water partition coefficient (Wildman–Crippen LogP) is 2.11. The number of fused-ring (bicyclic) bond motifs is 1. The molecule has 102 valence electrons. The normalized spacial score (nSPS) is 13.5. The van der Waals surface area contributed by atoms with Crippen LogP contribution in [0.2, 0.25) is 0 Å². The molecule has 1 aromatic carbocycles. The van der Waals surface area contributed by atoms with Crippen LogP contribution in [-0.4, -0.2) is 24.3 Å². The molecule has 1 aromatic rings. The van der Waals surface area contributed by atoms with Gasteiger partial charge in [0.05, 0.1) is 13.0 Å². The van der Waals surface area contributed by atoms with E-state index in [0.29, 0.717) is 19.4 Å². The van der Waals surface area contributed by atoms with Crippen molar-refractivity contribution in [2.75, 3.05) is 6.61 Å². The van der Waals surface area contributed by atoms with Gasteiger partial charge >= 0.3 is 0 Å². The summed E-state index contributed by atoms with van der Waals surface area (Å²) in [5.41, 5.74) is 1.86. The van der Waals surface area contributed by atoms with E-state index < -0.39 is 0 Å². The molecule has 0 heterocycles. The minimum Gasteiger partial charge on any atom is -0.493 e. The van der Waals surface area contributed by atoms with Gasteiger partial charge in [-0.1, -0.05) is 0 Å². The maximum Gasteiger partial charge on any atom is 0.223 e. The van der Waals surface area contributed by atoms with Crippen molar-refractivity contribution >= 4 is 11.7 Å². The fourth-order valence-electron chi connectivity index (χ4n) is 2.18. The molecule has 0 atom stereocenters. The van der Waals surface area contributed by atoms with Crippen LogP contribution in [0.1, 0.15) is 42.6 Å². The van der Waals surface area contributed by atoms with Crippen LogP contribution in [0.15, 0.2) is 18.2 Å². The molecule has 1 N–H and O–H groups in total. The highest BCUT2D eigenvalue weighted by molar-refractivity contribution is 6.00. The Balaban J connectivity index is 1.84. The first-order valence-electron chi connectivity index (χ1n) is 6.64. The molecule has 0 bridgehead atoms. The first-order chi connectivity index (χ1) is 9.06. The number of carbonyl (C=O) groups is 2. The first-order valence-corrected chi connectivity index (χ1v) is 6.64. The SMILES string of the molecule is CC(C)NC(=O)CCOc1ccc2c(c1)CCC2=O. The van der Waals surface area contributed by atoms with Gasteiger partial charge in [-0.2, -0.15) is 0 Å². The standard InChI is InChI=1S/C15H19NO3/c1-10(2)16-15(18)7-8-19-12-4-5-13-11(9-12)3-6-14(13)17/h4-5,9-10H,3,6-8H2,1-2H3,(H,16,18). The number of ether oxygens (including phenoxy) is 1. The van der Waals surface area contributed by atoms with Gasteiger partial charge in [-0.25, -0.2) is 0 Å². The number of aryl methyl sites for hydroxylation is 1. The van der Waals surface area contributed by atoms with E-state index in [4.69, 9.17) is 4.74 Å². The van der Waals surface area contributed by atoms with E-state index in [9.17, 15) is 9.59 Å². The van der Waals surface area contributed by atoms with Gasteiger partial charge < -0.3 is 10.1 Å². The van der Waals surface area contributed by atoms with Crippen molar-refractivity contribution in [2.24, 2.45) is 0 Å². The van der Waals surface area contributed by atoms with Gasteiger partial charge in [0.25, 0.3) is 0 Å². The van der Waals surface area contributed by atoms with Gasteiger partial charge in [-0.05, 0) is 44.0 Å². The Bertz CT molecular complexity index is 494. The third-order valence-corrected chi connectivity index (χ3v) is 3.05. The predicted molar refractivity (Wildman–Crippen MR) is 72.5 cm³/mol. The first kappa shape index (κ1) is 13.6. The number of hydrogen-bond acceptors (Lipinski definition) is 3. The molecule has 4 heteroatoms. The highest BCUT2D eigenvalue weighted by atomic mass is 16.5. The second kappa shape index (κ2) is 5.87. The third kappa shape index (κ3) is 3.56. The summed E-state index contributed by atoms with van der Waals surface area (Å²) in [4.78, 5) is 22.9. The van der Waals surface area contributed by atoms with Gasteiger partial charge in [0.2, 0.25) is 5.91 Å². The summed E-state index contributed by atoms with van der Waals surface area (Å²) in [6.45, 7) is 4.21. The van der Waals surface area contributed by atoms with Gasteiger partial charge in [0.1, 0.15) is 5.75 Å². The van der Waals surface area contributed by atoms with Gasteiger partial charge in [0, 0.05) is 18.0 Å². The number of benzene rings is 1. The number of nitrogens with one attached hydrogen (secondary N) is 1. The molecule has 0 aromatic heterocycles. The molecular weight excluding hydrogens is 242 g/mol. The second-order valence-corrected chi connectivity index (χ2v) is 5.06. The Hall–Kier alpha value is -1.84. The molecule has 0 unspecified atom stereocenters. The van der Waals surface area contributed by atoms with E-state index in [1.807, 2.05) is 26.0 Å². The minimum absolute atomic E-state index is 0.00802. The molecule has 1 aliphatic carbocycles. The number of amides is 1. The maximum atomic E-state index is 11.5. The van der Waals surface area contributed by atoms with Crippen molar-refractivity contribution in [1.29, 1.82) is 0 Å². The maximum absolute atomic E-state index is 11.5. The Morgan fingerprint density at radius 1 is 1.37 bits per heavy atom. The van der Waals surface area contributed by atoms with Crippen LogP contribution in [-0.2, 0) is 11.2 Å². The molecule has 1 amide bonds. The molecule has 0 radical (unpaired) electrons. The molecular formula is C15H19NO3. The van der Waals surface area contributed by atoms with Gasteiger partial charge in [-0.15, -0.1) is 0 Å². The van der Waals surface area contributed by atoms with Crippen molar-refractivity contribution < 1.29 is 14.3 Å². The largest absolute Gasteiger partial charge is 0.493 e. The van der Waals surface area contributed by atoms with Crippen molar-refractivity contribution in [3.05, 3.63) is 29.3 Å². The van der Waals surface area contributed by atoms with Gasteiger partial charge in [0.15, 0.2) is 5.78 Å². The summed E-state index contributed by atoms with van der Waals surface area (Å²) in [6.07, 6.45) is 1.73. The fourth-order valence-corrected chi connectivity index (χ4v) is 2.18. The molecule has 0 aliphatic heterocycles. The second-order valence-electron chi connectivity index (χ2n) is 5.06. The van der Waals surface area contributed by atoms with Crippen molar-refractivity contribution in [1.82, 2.24) is 5.32 Å². The Morgan fingerprint density at radius 2 is 2.16 bits per heavy atom. The van der Waals surface area contributed by atoms with E-state index in [-0.39, 0.29) is 17.7 Å². The molecule has 0 saturated carbocycles. The molecule has 0 saturated heterocycles. The highest BCUT2D eigenvalue weighted by Gasteiger charge is 2.19. The number of carbonyl (C=O) groups excluding carboxylic acids is 2. The van der Waals surface area contributed by atoms with Crippen LogP contribution in [0.4, 0.5) is 0 Å². The number of hydrogen-bond donors (Lipinski definition) is 1. The lowest BCUT2D eigenvalue weighted by Gasteiger charge is -2.10. The highest BCUT2D eigenvalue weighted by Crippen LogP contribution is 2.26. The van der Waals surface area contributed by atoms with Crippen molar-refractivity contribution in [3.63, 3.8) is 0 Å². The van der Waals surface area contributed by atoms with Crippen LogP contribution in [0.5, 0.6) is 5.75 Å². The lowest BCUT2D eigenvalue weighted by Crippen LogP contribution is -2.31. The van der Waals surface area contributed by atoms with Crippen LogP contribution >= 0.6 is 0 Å². The summed E-state index contributed by atoms with van der Waals surface area (Å²) in [5, 5.41) is 2.81. The lowest BCUT2D eigenvalue weighted by molar-refractivity contribution is -0.122. The molecule has 2 rings (SSSR count). The van der Waals surface area contributed by atoms with E-state index in [0.717, 1.165) is 23.3 Å². The van der Waals surface area contributed by atoms with Gasteiger partial charge in [-0.3, -0.25) is 9.59 Å². The minimum atomic E-state index is -0.00802. The molecule has 1 aliphatic rings. The van der Waals surface area contributed by atoms with Crippen molar-refractivity contribution in [2.45, 2.75) is 39.2 Å². The average Bonchev–Trinajstić information content (AvgIpc) is 2.70. The zero-order valence-corrected chi connectivity index (χ0v) is 11.4. The van der Waals surface area contributed by atoms with Crippen LogP contribution in [0.3, 0.4) is 0 Å². The van der Waals surface area contributed by atoms with Crippen LogP contribution in [0, 0.1) is 0 Å². The number of rotatable bonds is 5.